The summed E-state index contributed by atoms with van der Waals surface area (Å²) in [5.41, 5.74) is 0.602. The first-order valence-electron chi connectivity index (χ1n) is 7.15. The average molecular weight is 374 g/mol. The molecule has 2 aromatic rings. The molecule has 1 N–H and O–H groups in total. The molecule has 0 atom stereocenters. The SMILES string of the molecule is C=CC(=O)Oc1ccc(-c2ccc(OC(=O)C=C)cc2S(=O)(=O)O)cc1. The molecule has 2 aromatic carbocycles. The summed E-state index contributed by atoms with van der Waals surface area (Å²) in [6.45, 7) is 6.53. The van der Waals surface area contributed by atoms with Gasteiger partial charge in [0.1, 0.15) is 16.4 Å². The summed E-state index contributed by atoms with van der Waals surface area (Å²) in [7, 11) is -4.60. The highest BCUT2D eigenvalue weighted by atomic mass is 32.2. The van der Waals surface area contributed by atoms with Crippen LogP contribution in [-0.2, 0) is 19.7 Å². The third kappa shape index (κ3) is 4.65. The van der Waals surface area contributed by atoms with Gasteiger partial charge in [0.25, 0.3) is 10.1 Å². The van der Waals surface area contributed by atoms with Crippen molar-refractivity contribution < 1.29 is 32.0 Å². The Hall–Kier alpha value is -3.23. The van der Waals surface area contributed by atoms with E-state index in [0.717, 1.165) is 18.2 Å². The lowest BCUT2D eigenvalue weighted by Gasteiger charge is -2.10. The van der Waals surface area contributed by atoms with Gasteiger partial charge in [-0.25, -0.2) is 9.59 Å². The van der Waals surface area contributed by atoms with Gasteiger partial charge >= 0.3 is 11.9 Å². The van der Waals surface area contributed by atoms with Crippen LogP contribution in [0.1, 0.15) is 0 Å². The minimum absolute atomic E-state index is 0.0668. The van der Waals surface area contributed by atoms with Gasteiger partial charge in [0, 0.05) is 23.8 Å². The molecule has 0 unspecified atom stereocenters. The number of ether oxygens (including phenoxy) is 2. The van der Waals surface area contributed by atoms with Gasteiger partial charge in [-0.05, 0) is 29.8 Å². The van der Waals surface area contributed by atoms with E-state index in [4.69, 9.17) is 9.47 Å². The Kier molecular flexibility index (Phi) is 5.71. The van der Waals surface area contributed by atoms with Crippen LogP contribution in [0.5, 0.6) is 11.5 Å². The third-order valence-corrected chi connectivity index (χ3v) is 4.06. The number of rotatable bonds is 6. The molecule has 134 valence electrons. The number of benzene rings is 2. The van der Waals surface area contributed by atoms with Crippen LogP contribution in [0.3, 0.4) is 0 Å². The van der Waals surface area contributed by atoms with Gasteiger partial charge in [0.2, 0.25) is 0 Å². The first-order chi connectivity index (χ1) is 12.2. The van der Waals surface area contributed by atoms with Crippen molar-refractivity contribution in [3.8, 4) is 22.6 Å². The fraction of sp³-hybridized carbons (Fsp3) is 0. The Morgan fingerprint density at radius 2 is 1.38 bits per heavy atom. The van der Waals surface area contributed by atoms with Crippen molar-refractivity contribution in [2.75, 3.05) is 0 Å². The molecule has 0 spiro atoms. The Morgan fingerprint density at radius 3 is 1.88 bits per heavy atom. The highest BCUT2D eigenvalue weighted by Gasteiger charge is 2.19. The van der Waals surface area contributed by atoms with Crippen molar-refractivity contribution in [2.24, 2.45) is 0 Å². The molecule has 0 aliphatic carbocycles. The number of hydrogen-bond acceptors (Lipinski definition) is 6. The molecule has 0 fully saturated rings. The molecule has 8 heteroatoms. The number of carbonyl (C=O) groups is 2. The molecular formula is C18H14O7S. The van der Waals surface area contributed by atoms with Crippen LogP contribution >= 0.6 is 0 Å². The van der Waals surface area contributed by atoms with E-state index in [1.54, 1.807) is 0 Å². The van der Waals surface area contributed by atoms with E-state index in [9.17, 15) is 22.6 Å². The van der Waals surface area contributed by atoms with Crippen molar-refractivity contribution in [3.63, 3.8) is 0 Å². The van der Waals surface area contributed by atoms with E-state index in [0.29, 0.717) is 5.56 Å². The maximum absolute atomic E-state index is 11.7. The summed E-state index contributed by atoms with van der Waals surface area (Å²) in [6.07, 6.45) is 1.93. The molecule has 0 aliphatic rings. The second-order valence-corrected chi connectivity index (χ2v) is 6.30. The number of carbonyl (C=O) groups excluding carboxylic acids is 2. The minimum atomic E-state index is -4.60. The van der Waals surface area contributed by atoms with Crippen molar-refractivity contribution >= 4 is 22.1 Å². The zero-order valence-corrected chi connectivity index (χ0v) is 14.2. The summed E-state index contributed by atoms with van der Waals surface area (Å²) >= 11 is 0. The highest BCUT2D eigenvalue weighted by molar-refractivity contribution is 7.86. The molecule has 7 nitrogen and oxygen atoms in total. The van der Waals surface area contributed by atoms with E-state index < -0.39 is 27.0 Å². The molecule has 0 aliphatic heterocycles. The molecule has 26 heavy (non-hydrogen) atoms. The fourth-order valence-electron chi connectivity index (χ4n) is 2.04. The molecule has 0 amide bonds. The van der Waals surface area contributed by atoms with Crippen LogP contribution in [-0.4, -0.2) is 24.9 Å². The molecule has 0 saturated heterocycles. The molecule has 0 aromatic heterocycles. The van der Waals surface area contributed by atoms with E-state index in [1.807, 2.05) is 0 Å². The quantitative estimate of drug-likeness (QED) is 0.358. The third-order valence-electron chi connectivity index (χ3n) is 3.17. The van der Waals surface area contributed by atoms with Crippen LogP contribution in [0.4, 0.5) is 0 Å². The monoisotopic (exact) mass is 374 g/mol. The van der Waals surface area contributed by atoms with Crippen LogP contribution in [0, 0.1) is 0 Å². The van der Waals surface area contributed by atoms with Gasteiger partial charge < -0.3 is 9.47 Å². The summed E-state index contributed by atoms with van der Waals surface area (Å²) in [6, 6.07) is 9.69. The van der Waals surface area contributed by atoms with E-state index >= 15 is 0 Å². The molecule has 0 bridgehead atoms. The second kappa shape index (κ2) is 7.77. The minimum Gasteiger partial charge on any atom is -0.423 e. The van der Waals surface area contributed by atoms with Gasteiger partial charge in [0.05, 0.1) is 0 Å². The first kappa shape index (κ1) is 19.1. The van der Waals surface area contributed by atoms with E-state index in [1.165, 1.54) is 36.4 Å². The Labute approximate surface area is 149 Å². The summed E-state index contributed by atoms with van der Waals surface area (Å²) in [5, 5.41) is 0. The summed E-state index contributed by atoms with van der Waals surface area (Å²) < 4.78 is 42.7. The van der Waals surface area contributed by atoms with Crippen molar-refractivity contribution in [1.82, 2.24) is 0 Å². The Bertz CT molecular complexity index is 973. The maximum atomic E-state index is 11.7. The van der Waals surface area contributed by atoms with Gasteiger partial charge in [-0.1, -0.05) is 25.3 Å². The fourth-order valence-corrected chi connectivity index (χ4v) is 2.77. The predicted molar refractivity (Wildman–Crippen MR) is 93.4 cm³/mol. The van der Waals surface area contributed by atoms with Crippen molar-refractivity contribution in [1.29, 1.82) is 0 Å². The topological polar surface area (TPSA) is 107 Å². The van der Waals surface area contributed by atoms with Crippen LogP contribution in [0.2, 0.25) is 0 Å². The second-order valence-electron chi connectivity index (χ2n) is 4.91. The first-order valence-corrected chi connectivity index (χ1v) is 8.59. The van der Waals surface area contributed by atoms with Gasteiger partial charge in [-0.15, -0.1) is 0 Å². The van der Waals surface area contributed by atoms with Crippen LogP contribution in [0.25, 0.3) is 11.1 Å². The molecular weight excluding hydrogens is 360 g/mol. The molecule has 0 radical (unpaired) electrons. The van der Waals surface area contributed by atoms with Crippen LogP contribution in [0.15, 0.2) is 72.7 Å². The summed E-state index contributed by atoms with van der Waals surface area (Å²) in [4.78, 5) is 22.0. The normalized spacial score (nSPS) is 10.7. The lowest BCUT2D eigenvalue weighted by Crippen LogP contribution is -2.06. The van der Waals surface area contributed by atoms with E-state index in [2.05, 4.69) is 13.2 Å². The number of hydrogen-bond donors (Lipinski definition) is 1. The smallest absolute Gasteiger partial charge is 0.335 e. The van der Waals surface area contributed by atoms with E-state index in [-0.39, 0.29) is 17.1 Å². The van der Waals surface area contributed by atoms with Gasteiger partial charge in [-0.2, -0.15) is 8.42 Å². The Morgan fingerprint density at radius 1 is 0.885 bits per heavy atom. The Balaban J connectivity index is 2.45. The van der Waals surface area contributed by atoms with Crippen LogP contribution < -0.4 is 9.47 Å². The lowest BCUT2D eigenvalue weighted by molar-refractivity contribution is -0.129. The largest absolute Gasteiger partial charge is 0.423 e. The van der Waals surface area contributed by atoms with Gasteiger partial charge in [-0.3, -0.25) is 4.55 Å². The van der Waals surface area contributed by atoms with Crippen molar-refractivity contribution in [2.45, 2.75) is 4.90 Å². The molecule has 0 heterocycles. The maximum Gasteiger partial charge on any atom is 0.335 e. The van der Waals surface area contributed by atoms with Crippen molar-refractivity contribution in [3.05, 3.63) is 67.8 Å². The standard InChI is InChI=1S/C18H14O7S/c1-3-17(19)24-13-7-5-12(6-8-13)15-10-9-14(25-18(20)4-2)11-16(15)26(21,22)23/h3-11H,1-2H2,(H,21,22,23). The molecule has 2 rings (SSSR count). The number of esters is 2. The summed E-state index contributed by atoms with van der Waals surface area (Å²) in [5.74, 6) is -1.23. The zero-order valence-electron chi connectivity index (χ0n) is 13.4. The van der Waals surface area contributed by atoms with Gasteiger partial charge in [0.15, 0.2) is 0 Å². The predicted octanol–water partition coefficient (Wildman–Crippen LogP) is 2.78. The molecule has 0 saturated carbocycles. The zero-order chi connectivity index (χ0) is 19.3. The average Bonchev–Trinajstić information content (AvgIpc) is 2.61. The highest BCUT2D eigenvalue weighted by Crippen LogP contribution is 2.32. The lowest BCUT2D eigenvalue weighted by atomic mass is 10.1.